The van der Waals surface area contributed by atoms with Crippen LogP contribution in [0, 0.1) is 11.8 Å². The first-order chi connectivity index (χ1) is 14.0. The van der Waals surface area contributed by atoms with E-state index in [2.05, 4.69) is 18.2 Å². The average molecular weight is 394 g/mol. The molecular weight excluding hydrogens is 368 g/mol. The van der Waals surface area contributed by atoms with E-state index in [1.807, 2.05) is 6.92 Å². The summed E-state index contributed by atoms with van der Waals surface area (Å²) in [6.45, 7) is 1.94. The van der Waals surface area contributed by atoms with E-state index in [1.54, 1.807) is 12.1 Å². The van der Waals surface area contributed by atoms with Gasteiger partial charge in [-0.05, 0) is 72.4 Å². The normalized spacial score (nSPS) is 20.1. The van der Waals surface area contributed by atoms with E-state index in [1.165, 1.54) is 13.2 Å². The van der Waals surface area contributed by atoms with Crippen LogP contribution in [-0.4, -0.2) is 24.5 Å². The van der Waals surface area contributed by atoms with Crippen LogP contribution >= 0.6 is 0 Å². The second-order valence-corrected chi connectivity index (χ2v) is 8.12. The Hall–Kier alpha value is -2.82. The van der Waals surface area contributed by atoms with Crippen LogP contribution in [0.2, 0.25) is 0 Å². The summed E-state index contributed by atoms with van der Waals surface area (Å²) in [5, 5.41) is 9.75. The van der Waals surface area contributed by atoms with Gasteiger partial charge < -0.3 is 14.6 Å². The molecule has 1 fully saturated rings. The minimum absolute atomic E-state index is 0.0219. The fourth-order valence-corrected chi connectivity index (χ4v) is 4.45. The molecule has 1 aliphatic heterocycles. The van der Waals surface area contributed by atoms with Crippen molar-refractivity contribution in [2.45, 2.75) is 44.6 Å². The molecule has 5 nitrogen and oxygen atoms in total. The first-order valence-electron chi connectivity index (χ1n) is 10.2. The van der Waals surface area contributed by atoms with Gasteiger partial charge in [0.2, 0.25) is 0 Å². The molecule has 3 atom stereocenters. The molecule has 29 heavy (non-hydrogen) atoms. The maximum absolute atomic E-state index is 12.2. The van der Waals surface area contributed by atoms with E-state index in [9.17, 15) is 14.7 Å². The second-order valence-electron chi connectivity index (χ2n) is 8.12. The van der Waals surface area contributed by atoms with Gasteiger partial charge in [0.1, 0.15) is 17.6 Å². The van der Waals surface area contributed by atoms with Crippen molar-refractivity contribution in [2.75, 3.05) is 7.11 Å². The molecule has 4 rings (SSSR count). The quantitative estimate of drug-likeness (QED) is 0.574. The summed E-state index contributed by atoms with van der Waals surface area (Å²) in [5.41, 5.74) is 3.41. The molecule has 0 aromatic heterocycles. The van der Waals surface area contributed by atoms with Crippen molar-refractivity contribution in [3.63, 3.8) is 0 Å². The molecule has 0 amide bonds. The lowest BCUT2D eigenvalue weighted by molar-refractivity contribution is -0.145. The van der Waals surface area contributed by atoms with Crippen molar-refractivity contribution in [1.29, 1.82) is 0 Å². The van der Waals surface area contributed by atoms with Crippen LogP contribution in [0.1, 0.15) is 65.3 Å². The van der Waals surface area contributed by atoms with E-state index in [-0.39, 0.29) is 35.2 Å². The number of ether oxygens (including phenoxy) is 2. The molecule has 0 spiro atoms. The lowest BCUT2D eigenvalue weighted by Crippen LogP contribution is -2.23. The monoisotopic (exact) mass is 394 g/mol. The van der Waals surface area contributed by atoms with Crippen LogP contribution in [0.4, 0.5) is 0 Å². The summed E-state index contributed by atoms with van der Waals surface area (Å²) < 4.78 is 11.3. The smallest absolute Gasteiger partial charge is 0.309 e. The third-order valence-electron chi connectivity index (χ3n) is 6.21. The van der Waals surface area contributed by atoms with E-state index in [4.69, 9.17) is 9.47 Å². The maximum atomic E-state index is 12.2. The number of aromatic hydroxyl groups is 1. The molecule has 2 aliphatic rings. The highest BCUT2D eigenvalue weighted by molar-refractivity contribution is 5.79. The Bertz CT molecular complexity index is 931. The summed E-state index contributed by atoms with van der Waals surface area (Å²) in [5.74, 6) is 1.08. The van der Waals surface area contributed by atoms with Crippen molar-refractivity contribution in [2.24, 2.45) is 11.8 Å². The highest BCUT2D eigenvalue weighted by Crippen LogP contribution is 2.48. The summed E-state index contributed by atoms with van der Waals surface area (Å²) in [4.78, 5) is 23.3. The Morgan fingerprint density at radius 1 is 1.21 bits per heavy atom. The van der Waals surface area contributed by atoms with Crippen LogP contribution in [0.25, 0.3) is 0 Å². The molecule has 1 heterocycles. The van der Waals surface area contributed by atoms with Gasteiger partial charge in [-0.25, -0.2) is 0 Å². The number of methoxy groups -OCH3 is 1. The number of carbonyl (C=O) groups excluding carboxylic acids is 2. The summed E-state index contributed by atoms with van der Waals surface area (Å²) in [7, 11) is 1.44. The van der Waals surface area contributed by atoms with Gasteiger partial charge in [0.05, 0.1) is 18.6 Å². The van der Waals surface area contributed by atoms with Crippen LogP contribution in [0.5, 0.6) is 11.5 Å². The van der Waals surface area contributed by atoms with Crippen molar-refractivity contribution in [3.8, 4) is 11.5 Å². The van der Waals surface area contributed by atoms with Crippen molar-refractivity contribution >= 4 is 12.3 Å². The number of phenols is 1. The average Bonchev–Trinajstić information content (AvgIpc) is 3.58. The second kappa shape index (κ2) is 7.90. The molecule has 0 saturated heterocycles. The zero-order valence-corrected chi connectivity index (χ0v) is 16.8. The third kappa shape index (κ3) is 3.86. The highest BCUT2D eigenvalue weighted by Gasteiger charge is 2.39. The molecule has 1 N–H and O–H groups in total. The fraction of sp³-hybridized carbons (Fsp3) is 0.417. The van der Waals surface area contributed by atoms with E-state index in [0.29, 0.717) is 12.2 Å². The van der Waals surface area contributed by atoms with Gasteiger partial charge in [0.25, 0.3) is 0 Å². The van der Waals surface area contributed by atoms with Gasteiger partial charge in [-0.2, -0.15) is 0 Å². The van der Waals surface area contributed by atoms with Gasteiger partial charge >= 0.3 is 5.97 Å². The molecule has 0 bridgehead atoms. The largest absolute Gasteiger partial charge is 0.507 e. The number of fused-ring (bicyclic) bond motifs is 1. The van der Waals surface area contributed by atoms with Crippen LogP contribution in [0.15, 0.2) is 36.4 Å². The predicted octanol–water partition coefficient (Wildman–Crippen LogP) is 4.57. The lowest BCUT2D eigenvalue weighted by atomic mass is 9.82. The predicted molar refractivity (Wildman–Crippen MR) is 108 cm³/mol. The number of aryl methyl sites for hydroxylation is 1. The van der Waals surface area contributed by atoms with Crippen molar-refractivity contribution in [1.82, 2.24) is 0 Å². The maximum Gasteiger partial charge on any atom is 0.309 e. The number of benzene rings is 2. The topological polar surface area (TPSA) is 72.8 Å². The molecule has 2 aromatic carbocycles. The molecule has 152 valence electrons. The standard InChI is InChI=1S/C24H26O5/c1-14(24(27)28-2)23(16-4-5-16)18-6-3-15-8-10-21(29-22(15)12-18)17-7-9-20(26)19(11-17)13-25/h3,6-7,9,11-14,16,21,23,26H,4-5,8,10H2,1-2H3/t14-,21+,23-/m0/s1. The van der Waals surface area contributed by atoms with Gasteiger partial charge in [-0.15, -0.1) is 0 Å². The van der Waals surface area contributed by atoms with Gasteiger partial charge in [0.15, 0.2) is 6.29 Å². The van der Waals surface area contributed by atoms with Crippen molar-refractivity contribution < 1.29 is 24.2 Å². The number of esters is 1. The summed E-state index contributed by atoms with van der Waals surface area (Å²) in [6.07, 6.45) is 4.43. The highest BCUT2D eigenvalue weighted by atomic mass is 16.5. The number of phenolic OH excluding ortho intramolecular Hbond substituents is 1. The summed E-state index contributed by atoms with van der Waals surface area (Å²) in [6, 6.07) is 11.3. The molecular formula is C24H26O5. The Kier molecular flexibility index (Phi) is 5.31. The van der Waals surface area contributed by atoms with E-state index < -0.39 is 0 Å². The molecule has 1 aliphatic carbocycles. The Balaban J connectivity index is 1.61. The lowest BCUT2D eigenvalue weighted by Gasteiger charge is -2.29. The molecule has 1 saturated carbocycles. The third-order valence-corrected chi connectivity index (χ3v) is 6.21. The zero-order valence-electron chi connectivity index (χ0n) is 16.8. The fourth-order valence-electron chi connectivity index (χ4n) is 4.45. The molecule has 2 aromatic rings. The number of hydrogen-bond acceptors (Lipinski definition) is 5. The van der Waals surface area contributed by atoms with Gasteiger partial charge in [-0.1, -0.05) is 25.1 Å². The molecule has 0 unspecified atom stereocenters. The van der Waals surface area contributed by atoms with Gasteiger partial charge in [-0.3, -0.25) is 9.59 Å². The van der Waals surface area contributed by atoms with Crippen LogP contribution < -0.4 is 4.74 Å². The van der Waals surface area contributed by atoms with Crippen LogP contribution in [-0.2, 0) is 16.0 Å². The summed E-state index contributed by atoms with van der Waals surface area (Å²) >= 11 is 0. The Labute approximate surface area is 170 Å². The van der Waals surface area contributed by atoms with E-state index in [0.717, 1.165) is 48.1 Å². The molecule has 5 heteroatoms. The van der Waals surface area contributed by atoms with Crippen molar-refractivity contribution in [3.05, 3.63) is 58.7 Å². The minimum atomic E-state index is -0.197. The Morgan fingerprint density at radius 2 is 2.00 bits per heavy atom. The minimum Gasteiger partial charge on any atom is -0.507 e. The molecule has 0 radical (unpaired) electrons. The SMILES string of the molecule is COC(=O)[C@@H](C)[C@H](c1ccc2c(c1)O[C@@H](c1ccc(O)c(C=O)c1)CC2)C1CC1. The first kappa shape index (κ1) is 19.5. The number of rotatable bonds is 6. The Morgan fingerprint density at radius 3 is 2.69 bits per heavy atom. The number of hydrogen-bond donors (Lipinski definition) is 1. The van der Waals surface area contributed by atoms with Gasteiger partial charge in [0, 0.05) is 0 Å². The van der Waals surface area contributed by atoms with E-state index >= 15 is 0 Å². The van der Waals surface area contributed by atoms with Crippen LogP contribution in [0.3, 0.4) is 0 Å². The number of aldehydes is 1. The zero-order chi connectivity index (χ0) is 20.5. The first-order valence-corrected chi connectivity index (χ1v) is 10.2. The number of carbonyl (C=O) groups is 2.